The summed E-state index contributed by atoms with van der Waals surface area (Å²) in [6.45, 7) is 0.588. The molecule has 0 aromatic rings. The maximum atomic E-state index is 11.8. The fourth-order valence-electron chi connectivity index (χ4n) is 1.54. The first kappa shape index (κ1) is 8.48. The molecular formula is C8H13FN2. The number of nitriles is 1. The van der Waals surface area contributed by atoms with Crippen LogP contribution >= 0.6 is 0 Å². The first-order valence-corrected chi connectivity index (χ1v) is 4.05. The Morgan fingerprint density at radius 3 is 2.91 bits per heavy atom. The SMILES string of the molecule is N#CC1(CCCF)CCCN1. The molecule has 2 nitrogen and oxygen atoms in total. The number of alkyl halides is 1. The number of nitrogens with one attached hydrogen (secondary N) is 1. The van der Waals surface area contributed by atoms with Gasteiger partial charge in [0.25, 0.3) is 0 Å². The molecule has 0 amide bonds. The molecule has 1 N–H and O–H groups in total. The van der Waals surface area contributed by atoms with Gasteiger partial charge in [0.1, 0.15) is 5.54 Å². The van der Waals surface area contributed by atoms with E-state index in [4.69, 9.17) is 5.26 Å². The Hall–Kier alpha value is -0.620. The zero-order chi connectivity index (χ0) is 8.16. The topological polar surface area (TPSA) is 35.8 Å². The standard InChI is InChI=1S/C8H13FN2/c9-5-1-3-8(7-10)4-2-6-11-8/h11H,1-6H2. The number of rotatable bonds is 3. The lowest BCUT2D eigenvalue weighted by molar-refractivity contribution is 0.383. The molecule has 62 valence electrons. The van der Waals surface area contributed by atoms with Crippen LogP contribution in [0.1, 0.15) is 25.7 Å². The Balaban J connectivity index is 2.41. The molecule has 1 heterocycles. The molecule has 1 rings (SSSR count). The second kappa shape index (κ2) is 3.68. The third-order valence-corrected chi connectivity index (χ3v) is 2.19. The van der Waals surface area contributed by atoms with Crippen LogP contribution in [0.25, 0.3) is 0 Å². The zero-order valence-corrected chi connectivity index (χ0v) is 6.57. The van der Waals surface area contributed by atoms with Gasteiger partial charge in [-0.1, -0.05) is 0 Å². The average molecular weight is 156 g/mol. The van der Waals surface area contributed by atoms with Gasteiger partial charge in [0.15, 0.2) is 0 Å². The molecule has 0 spiro atoms. The summed E-state index contributed by atoms with van der Waals surface area (Å²) in [5.74, 6) is 0. The van der Waals surface area contributed by atoms with Crippen molar-refractivity contribution in [2.45, 2.75) is 31.2 Å². The van der Waals surface area contributed by atoms with Gasteiger partial charge in [-0.15, -0.1) is 0 Å². The first-order valence-electron chi connectivity index (χ1n) is 4.05. The number of nitrogens with zero attached hydrogens (tertiary/aromatic N) is 1. The summed E-state index contributed by atoms with van der Waals surface area (Å²) >= 11 is 0. The van der Waals surface area contributed by atoms with Crippen LogP contribution in [0, 0.1) is 11.3 Å². The number of hydrogen-bond acceptors (Lipinski definition) is 2. The van der Waals surface area contributed by atoms with Gasteiger partial charge in [-0.25, -0.2) is 0 Å². The lowest BCUT2D eigenvalue weighted by atomic mass is 9.94. The predicted octanol–water partition coefficient (Wildman–Crippen LogP) is 1.38. The van der Waals surface area contributed by atoms with Gasteiger partial charge in [0.05, 0.1) is 12.7 Å². The molecule has 0 aromatic carbocycles. The van der Waals surface area contributed by atoms with E-state index in [1.54, 1.807) is 0 Å². The van der Waals surface area contributed by atoms with E-state index in [1.165, 1.54) is 0 Å². The lowest BCUT2D eigenvalue weighted by Crippen LogP contribution is -2.37. The Labute approximate surface area is 66.4 Å². The third-order valence-electron chi connectivity index (χ3n) is 2.19. The van der Waals surface area contributed by atoms with Crippen molar-refractivity contribution in [2.75, 3.05) is 13.2 Å². The Morgan fingerprint density at radius 2 is 2.45 bits per heavy atom. The summed E-state index contributed by atoms with van der Waals surface area (Å²) < 4.78 is 11.8. The minimum absolute atomic E-state index is 0.314. The average Bonchev–Trinajstić information content (AvgIpc) is 2.50. The highest BCUT2D eigenvalue weighted by molar-refractivity contribution is 5.09. The van der Waals surface area contributed by atoms with E-state index in [2.05, 4.69) is 11.4 Å². The quantitative estimate of drug-likeness (QED) is 0.670. The summed E-state index contributed by atoms with van der Waals surface area (Å²) in [4.78, 5) is 0. The van der Waals surface area contributed by atoms with Gasteiger partial charge in [0.2, 0.25) is 0 Å². The molecule has 1 aliphatic rings. The Morgan fingerprint density at radius 1 is 1.64 bits per heavy atom. The molecule has 1 unspecified atom stereocenters. The molecule has 0 radical (unpaired) electrons. The molecule has 0 aromatic heterocycles. The second-order valence-corrected chi connectivity index (χ2v) is 3.02. The van der Waals surface area contributed by atoms with Gasteiger partial charge >= 0.3 is 0 Å². The number of hydrogen-bond donors (Lipinski definition) is 1. The van der Waals surface area contributed by atoms with Crippen LogP contribution in [0.2, 0.25) is 0 Å². The molecular weight excluding hydrogens is 143 g/mol. The van der Waals surface area contributed by atoms with E-state index >= 15 is 0 Å². The van der Waals surface area contributed by atoms with Gasteiger partial charge in [-0.05, 0) is 32.2 Å². The maximum absolute atomic E-state index is 11.8. The second-order valence-electron chi connectivity index (χ2n) is 3.02. The summed E-state index contributed by atoms with van der Waals surface area (Å²) in [6.07, 6.45) is 3.07. The van der Waals surface area contributed by atoms with Crippen molar-refractivity contribution in [1.82, 2.24) is 5.32 Å². The van der Waals surface area contributed by atoms with Crippen molar-refractivity contribution in [2.24, 2.45) is 0 Å². The van der Waals surface area contributed by atoms with Gasteiger partial charge < -0.3 is 0 Å². The van der Waals surface area contributed by atoms with Crippen LogP contribution < -0.4 is 5.32 Å². The van der Waals surface area contributed by atoms with Crippen molar-refractivity contribution in [1.29, 1.82) is 5.26 Å². The largest absolute Gasteiger partial charge is 0.299 e. The third kappa shape index (κ3) is 1.90. The molecule has 11 heavy (non-hydrogen) atoms. The minimum atomic E-state index is -0.397. The van der Waals surface area contributed by atoms with Crippen molar-refractivity contribution in [3.63, 3.8) is 0 Å². The Kier molecular flexibility index (Phi) is 2.84. The Bertz CT molecular complexity index is 156. The number of halogens is 1. The van der Waals surface area contributed by atoms with E-state index in [9.17, 15) is 4.39 Å². The smallest absolute Gasteiger partial charge is 0.106 e. The summed E-state index contributed by atoms with van der Waals surface area (Å²) in [6, 6.07) is 2.23. The van der Waals surface area contributed by atoms with Crippen molar-refractivity contribution in [3.8, 4) is 6.07 Å². The summed E-state index contributed by atoms with van der Waals surface area (Å²) in [5.41, 5.74) is -0.397. The van der Waals surface area contributed by atoms with Crippen LogP contribution in [-0.4, -0.2) is 18.8 Å². The fourth-order valence-corrected chi connectivity index (χ4v) is 1.54. The lowest BCUT2D eigenvalue weighted by Gasteiger charge is -2.19. The van der Waals surface area contributed by atoms with E-state index in [0.717, 1.165) is 19.4 Å². The highest BCUT2D eigenvalue weighted by Gasteiger charge is 2.32. The summed E-state index contributed by atoms with van der Waals surface area (Å²) in [7, 11) is 0. The van der Waals surface area contributed by atoms with Crippen LogP contribution in [-0.2, 0) is 0 Å². The van der Waals surface area contributed by atoms with Gasteiger partial charge in [0, 0.05) is 0 Å². The van der Waals surface area contributed by atoms with Crippen LogP contribution in [0.15, 0.2) is 0 Å². The van der Waals surface area contributed by atoms with E-state index in [-0.39, 0.29) is 6.67 Å². The fraction of sp³-hybridized carbons (Fsp3) is 0.875. The van der Waals surface area contributed by atoms with Crippen LogP contribution in [0.4, 0.5) is 4.39 Å². The van der Waals surface area contributed by atoms with Crippen molar-refractivity contribution in [3.05, 3.63) is 0 Å². The molecule has 0 bridgehead atoms. The molecule has 1 aliphatic heterocycles. The normalized spacial score (nSPS) is 30.2. The van der Waals surface area contributed by atoms with Crippen LogP contribution in [0.3, 0.4) is 0 Å². The van der Waals surface area contributed by atoms with E-state index in [1.807, 2.05) is 0 Å². The molecule has 1 fully saturated rings. The minimum Gasteiger partial charge on any atom is -0.299 e. The van der Waals surface area contributed by atoms with E-state index < -0.39 is 5.54 Å². The molecule has 0 saturated carbocycles. The monoisotopic (exact) mass is 156 g/mol. The van der Waals surface area contributed by atoms with Crippen LogP contribution in [0.5, 0.6) is 0 Å². The first-order chi connectivity index (χ1) is 5.33. The van der Waals surface area contributed by atoms with Gasteiger partial charge in [-0.3, -0.25) is 9.71 Å². The molecule has 1 saturated heterocycles. The predicted molar refractivity (Wildman–Crippen MR) is 40.8 cm³/mol. The van der Waals surface area contributed by atoms with E-state index in [0.29, 0.717) is 12.8 Å². The maximum Gasteiger partial charge on any atom is 0.106 e. The highest BCUT2D eigenvalue weighted by Crippen LogP contribution is 2.23. The van der Waals surface area contributed by atoms with Gasteiger partial charge in [-0.2, -0.15) is 5.26 Å². The zero-order valence-electron chi connectivity index (χ0n) is 6.57. The molecule has 3 heteroatoms. The molecule has 1 atom stereocenters. The summed E-state index contributed by atoms with van der Waals surface area (Å²) in [5, 5.41) is 11.9. The van der Waals surface area contributed by atoms with Crippen molar-refractivity contribution >= 4 is 0 Å². The highest BCUT2D eigenvalue weighted by atomic mass is 19.1. The molecule has 0 aliphatic carbocycles. The van der Waals surface area contributed by atoms with Crippen molar-refractivity contribution < 1.29 is 4.39 Å².